The summed E-state index contributed by atoms with van der Waals surface area (Å²) in [5.74, 6) is -0.245. The maximum absolute atomic E-state index is 13.9. The lowest BCUT2D eigenvalue weighted by molar-refractivity contribution is -0.0182. The molecule has 1 aromatic carbocycles. The summed E-state index contributed by atoms with van der Waals surface area (Å²) < 4.78 is 13.9. The highest BCUT2D eigenvalue weighted by atomic mass is 19.1. The molecule has 1 aliphatic heterocycles. The normalized spacial score (nSPS) is 22.0. The van der Waals surface area contributed by atoms with Gasteiger partial charge < -0.3 is 0 Å². The van der Waals surface area contributed by atoms with Crippen molar-refractivity contribution >= 4 is 0 Å². The Kier molecular flexibility index (Phi) is 3.76. The van der Waals surface area contributed by atoms with Crippen LogP contribution in [0.4, 0.5) is 4.39 Å². The lowest BCUT2D eigenvalue weighted by Gasteiger charge is -2.50. The van der Waals surface area contributed by atoms with Crippen LogP contribution < -0.4 is 0 Å². The summed E-state index contributed by atoms with van der Waals surface area (Å²) in [4.78, 5) is 2.34. The summed E-state index contributed by atoms with van der Waals surface area (Å²) in [5.41, 5.74) is 1.64. The Morgan fingerprint density at radius 1 is 1.15 bits per heavy atom. The van der Waals surface area contributed by atoms with Gasteiger partial charge in [0.05, 0.1) is 11.6 Å². The van der Waals surface area contributed by atoms with E-state index in [0.29, 0.717) is 23.1 Å². The molecule has 2 fully saturated rings. The molecule has 0 atom stereocenters. The lowest BCUT2D eigenvalue weighted by Crippen LogP contribution is -2.55. The fourth-order valence-electron chi connectivity index (χ4n) is 3.79. The van der Waals surface area contributed by atoms with Gasteiger partial charge in [0.1, 0.15) is 5.82 Å². The van der Waals surface area contributed by atoms with Gasteiger partial charge in [-0.15, -0.1) is 0 Å². The predicted molar refractivity (Wildman–Crippen MR) is 76.5 cm³/mol. The lowest BCUT2D eigenvalue weighted by atomic mass is 9.73. The average molecular weight is 272 g/mol. The second kappa shape index (κ2) is 5.54. The van der Waals surface area contributed by atoms with Crippen LogP contribution in [0.25, 0.3) is 0 Å². The van der Waals surface area contributed by atoms with Crippen LogP contribution in [0.15, 0.2) is 18.2 Å². The van der Waals surface area contributed by atoms with Gasteiger partial charge in [-0.3, -0.25) is 4.90 Å². The van der Waals surface area contributed by atoms with Crippen molar-refractivity contribution in [3.63, 3.8) is 0 Å². The quantitative estimate of drug-likeness (QED) is 0.817. The maximum atomic E-state index is 13.9. The average Bonchev–Trinajstić information content (AvgIpc) is 2.66. The topological polar surface area (TPSA) is 27.0 Å². The Bertz CT molecular complexity index is 516. The number of rotatable bonds is 2. The van der Waals surface area contributed by atoms with Crippen molar-refractivity contribution in [3.8, 4) is 6.07 Å². The monoisotopic (exact) mass is 272 g/mol. The number of hydrogen-bond donors (Lipinski definition) is 0. The highest BCUT2D eigenvalue weighted by Gasteiger charge is 2.42. The molecule has 0 radical (unpaired) electrons. The summed E-state index contributed by atoms with van der Waals surface area (Å²) in [6.07, 6.45) is 8.18. The van der Waals surface area contributed by atoms with E-state index in [1.54, 1.807) is 12.1 Å². The molecule has 2 aliphatic rings. The fourth-order valence-corrected chi connectivity index (χ4v) is 3.79. The molecule has 0 N–H and O–H groups in total. The molecule has 0 amide bonds. The van der Waals surface area contributed by atoms with E-state index in [9.17, 15) is 4.39 Å². The SMILES string of the molecule is N#Cc1ccc(CN2CC3(CCCCCC3)C2)c(F)c1. The summed E-state index contributed by atoms with van der Waals surface area (Å²) >= 11 is 0. The third-order valence-electron chi connectivity index (χ3n) is 4.86. The van der Waals surface area contributed by atoms with Crippen molar-refractivity contribution in [3.05, 3.63) is 35.1 Å². The molecule has 1 heterocycles. The summed E-state index contributed by atoms with van der Waals surface area (Å²) in [5, 5.41) is 8.76. The molecule has 1 spiro atoms. The largest absolute Gasteiger partial charge is 0.298 e. The van der Waals surface area contributed by atoms with Crippen molar-refractivity contribution in [1.82, 2.24) is 4.90 Å². The van der Waals surface area contributed by atoms with Gasteiger partial charge in [-0.05, 0) is 30.4 Å². The third kappa shape index (κ3) is 2.71. The Balaban J connectivity index is 1.60. The molecule has 20 heavy (non-hydrogen) atoms. The van der Waals surface area contributed by atoms with E-state index in [1.807, 2.05) is 6.07 Å². The van der Waals surface area contributed by atoms with Gasteiger partial charge in [-0.1, -0.05) is 31.7 Å². The number of halogens is 1. The van der Waals surface area contributed by atoms with E-state index in [0.717, 1.165) is 13.1 Å². The van der Waals surface area contributed by atoms with Crippen molar-refractivity contribution in [2.75, 3.05) is 13.1 Å². The van der Waals surface area contributed by atoms with Crippen LogP contribution in [0.1, 0.15) is 49.7 Å². The first-order valence-electron chi connectivity index (χ1n) is 7.62. The van der Waals surface area contributed by atoms with Crippen LogP contribution >= 0.6 is 0 Å². The second-order valence-electron chi connectivity index (χ2n) is 6.48. The molecule has 3 rings (SSSR count). The number of nitriles is 1. The fraction of sp³-hybridized carbons (Fsp3) is 0.588. The molecule has 2 nitrogen and oxygen atoms in total. The zero-order valence-corrected chi connectivity index (χ0v) is 11.9. The number of benzene rings is 1. The van der Waals surface area contributed by atoms with E-state index in [4.69, 9.17) is 5.26 Å². The van der Waals surface area contributed by atoms with Gasteiger partial charge in [0.2, 0.25) is 0 Å². The van der Waals surface area contributed by atoms with Gasteiger partial charge in [0.25, 0.3) is 0 Å². The molecule has 0 aromatic heterocycles. The highest BCUT2D eigenvalue weighted by molar-refractivity contribution is 5.33. The Morgan fingerprint density at radius 3 is 2.45 bits per heavy atom. The van der Waals surface area contributed by atoms with Gasteiger partial charge in [0.15, 0.2) is 0 Å². The van der Waals surface area contributed by atoms with Crippen molar-refractivity contribution in [2.45, 2.75) is 45.1 Å². The molecule has 1 saturated heterocycles. The molecular weight excluding hydrogens is 251 g/mol. The Morgan fingerprint density at radius 2 is 1.85 bits per heavy atom. The molecule has 106 valence electrons. The molecule has 1 saturated carbocycles. The smallest absolute Gasteiger partial charge is 0.129 e. The van der Waals surface area contributed by atoms with Gasteiger partial charge in [-0.25, -0.2) is 4.39 Å². The minimum absolute atomic E-state index is 0.245. The second-order valence-corrected chi connectivity index (χ2v) is 6.48. The van der Waals surface area contributed by atoms with E-state index in [2.05, 4.69) is 4.90 Å². The zero-order chi connectivity index (χ0) is 14.0. The number of hydrogen-bond acceptors (Lipinski definition) is 2. The zero-order valence-electron chi connectivity index (χ0n) is 11.9. The molecule has 3 heteroatoms. The first-order chi connectivity index (χ1) is 9.71. The summed E-state index contributed by atoms with van der Waals surface area (Å²) in [6, 6.07) is 6.78. The molecular formula is C17H21FN2. The van der Waals surface area contributed by atoms with Crippen molar-refractivity contribution < 1.29 is 4.39 Å². The molecule has 0 bridgehead atoms. The van der Waals surface area contributed by atoms with E-state index < -0.39 is 0 Å². The van der Waals surface area contributed by atoms with Crippen LogP contribution in [-0.4, -0.2) is 18.0 Å². The predicted octanol–water partition coefficient (Wildman–Crippen LogP) is 3.85. The Labute approximate surface area is 120 Å². The molecule has 1 aliphatic carbocycles. The van der Waals surface area contributed by atoms with Crippen LogP contribution in [0, 0.1) is 22.6 Å². The van der Waals surface area contributed by atoms with Gasteiger partial charge in [0, 0.05) is 25.2 Å². The van der Waals surface area contributed by atoms with Crippen LogP contribution in [0.2, 0.25) is 0 Å². The van der Waals surface area contributed by atoms with E-state index >= 15 is 0 Å². The standard InChI is InChI=1S/C17H21FN2/c18-16-9-14(10-19)5-6-15(16)11-20-12-17(13-20)7-3-1-2-4-8-17/h5-6,9H,1-4,7-8,11-13H2. The molecule has 0 unspecified atom stereocenters. The van der Waals surface area contributed by atoms with Crippen molar-refractivity contribution in [2.24, 2.45) is 5.41 Å². The minimum Gasteiger partial charge on any atom is -0.298 e. The highest BCUT2D eigenvalue weighted by Crippen LogP contribution is 2.43. The summed E-state index contributed by atoms with van der Waals surface area (Å²) in [6.45, 7) is 2.91. The maximum Gasteiger partial charge on any atom is 0.129 e. The van der Waals surface area contributed by atoms with Crippen LogP contribution in [0.3, 0.4) is 0 Å². The summed E-state index contributed by atoms with van der Waals surface area (Å²) in [7, 11) is 0. The molecule has 1 aromatic rings. The number of likely N-dealkylation sites (tertiary alicyclic amines) is 1. The van der Waals surface area contributed by atoms with Crippen LogP contribution in [0.5, 0.6) is 0 Å². The first-order valence-corrected chi connectivity index (χ1v) is 7.62. The van der Waals surface area contributed by atoms with Crippen molar-refractivity contribution in [1.29, 1.82) is 5.26 Å². The van der Waals surface area contributed by atoms with E-state index in [1.165, 1.54) is 44.6 Å². The van der Waals surface area contributed by atoms with E-state index in [-0.39, 0.29) is 5.82 Å². The van der Waals surface area contributed by atoms with Gasteiger partial charge >= 0.3 is 0 Å². The van der Waals surface area contributed by atoms with Gasteiger partial charge in [-0.2, -0.15) is 5.26 Å². The first kappa shape index (κ1) is 13.6. The van der Waals surface area contributed by atoms with Crippen LogP contribution in [-0.2, 0) is 6.54 Å². The minimum atomic E-state index is -0.245. The Hall–Kier alpha value is -1.40. The number of nitrogens with zero attached hydrogens (tertiary/aromatic N) is 2. The third-order valence-corrected chi connectivity index (χ3v) is 4.86.